The highest BCUT2D eigenvalue weighted by molar-refractivity contribution is 5.88. The fourth-order valence-electron chi connectivity index (χ4n) is 3.65. The maximum atomic E-state index is 10.0. The second kappa shape index (κ2) is 10.7. The van der Waals surface area contributed by atoms with Crippen LogP contribution in [0.4, 0.5) is 5.95 Å². The average molecular weight is 446 g/mol. The lowest BCUT2D eigenvalue weighted by molar-refractivity contribution is 0.122. The van der Waals surface area contributed by atoms with Gasteiger partial charge in [0.15, 0.2) is 17.3 Å². The van der Waals surface area contributed by atoms with Gasteiger partial charge in [0.2, 0.25) is 5.95 Å². The zero-order valence-electron chi connectivity index (χ0n) is 18.9. The van der Waals surface area contributed by atoms with Crippen molar-refractivity contribution in [3.05, 3.63) is 59.9 Å². The summed E-state index contributed by atoms with van der Waals surface area (Å²) in [5.41, 5.74) is 2.10. The van der Waals surface area contributed by atoms with Crippen molar-refractivity contribution in [3.8, 4) is 23.3 Å². The minimum absolute atomic E-state index is 0.398. The van der Waals surface area contributed by atoms with Crippen LogP contribution in [0.5, 0.6) is 11.5 Å². The molecule has 0 N–H and O–H groups in total. The smallest absolute Gasteiger partial charge is 0.232 e. The van der Waals surface area contributed by atoms with E-state index in [4.69, 9.17) is 14.2 Å². The van der Waals surface area contributed by atoms with Gasteiger partial charge in [-0.15, -0.1) is 10.2 Å². The van der Waals surface area contributed by atoms with Crippen LogP contribution in [0.15, 0.2) is 48.5 Å². The van der Waals surface area contributed by atoms with Crippen LogP contribution in [-0.4, -0.2) is 54.8 Å². The van der Waals surface area contributed by atoms with E-state index in [0.29, 0.717) is 61.8 Å². The number of methoxy groups -OCH3 is 1. The third-order valence-corrected chi connectivity index (χ3v) is 5.28. The summed E-state index contributed by atoms with van der Waals surface area (Å²) in [5.74, 6) is 2.47. The van der Waals surface area contributed by atoms with Crippen LogP contribution in [-0.2, 0) is 4.74 Å². The molecular weight excluding hydrogens is 418 g/mol. The third kappa shape index (κ3) is 4.99. The molecule has 1 fully saturated rings. The SMILES string of the molecule is CCCOc1ccc(/C=C(\C#N)c2nnc(N3CCOCC3)n2-c2ccccc2)cc1OC. The molecule has 3 aromatic rings. The Morgan fingerprint density at radius 2 is 1.91 bits per heavy atom. The Bertz CT molecular complexity index is 1140. The molecule has 0 amide bonds. The average Bonchev–Trinajstić information content (AvgIpc) is 3.32. The predicted molar refractivity (Wildman–Crippen MR) is 127 cm³/mol. The van der Waals surface area contributed by atoms with Crippen molar-refractivity contribution in [1.82, 2.24) is 14.8 Å². The van der Waals surface area contributed by atoms with Gasteiger partial charge in [0, 0.05) is 13.1 Å². The number of nitrogens with zero attached hydrogens (tertiary/aromatic N) is 5. The molecule has 0 aliphatic carbocycles. The molecule has 170 valence electrons. The minimum atomic E-state index is 0.398. The summed E-state index contributed by atoms with van der Waals surface area (Å²) in [6.07, 6.45) is 2.70. The third-order valence-electron chi connectivity index (χ3n) is 5.28. The van der Waals surface area contributed by atoms with Gasteiger partial charge >= 0.3 is 0 Å². The van der Waals surface area contributed by atoms with Gasteiger partial charge in [0.1, 0.15) is 6.07 Å². The van der Waals surface area contributed by atoms with Crippen LogP contribution >= 0.6 is 0 Å². The van der Waals surface area contributed by atoms with Gasteiger partial charge in [-0.3, -0.25) is 4.57 Å². The first kappa shape index (κ1) is 22.4. The van der Waals surface area contributed by atoms with E-state index < -0.39 is 0 Å². The summed E-state index contributed by atoms with van der Waals surface area (Å²) in [6.45, 7) is 5.35. The van der Waals surface area contributed by atoms with Gasteiger partial charge in [-0.05, 0) is 42.3 Å². The molecule has 0 atom stereocenters. The molecule has 8 heteroatoms. The predicted octanol–water partition coefficient (Wildman–Crippen LogP) is 3.97. The van der Waals surface area contributed by atoms with E-state index in [1.165, 1.54) is 0 Å². The molecule has 33 heavy (non-hydrogen) atoms. The molecule has 0 radical (unpaired) electrons. The number of morpholine rings is 1. The van der Waals surface area contributed by atoms with E-state index in [2.05, 4.69) is 28.1 Å². The van der Waals surface area contributed by atoms with E-state index in [0.717, 1.165) is 17.7 Å². The minimum Gasteiger partial charge on any atom is -0.493 e. The summed E-state index contributed by atoms with van der Waals surface area (Å²) < 4.78 is 18.7. The lowest BCUT2D eigenvalue weighted by Crippen LogP contribution is -2.38. The van der Waals surface area contributed by atoms with Crippen LogP contribution in [0.1, 0.15) is 24.7 Å². The number of hydrogen-bond donors (Lipinski definition) is 0. The molecule has 4 rings (SSSR count). The molecule has 0 bridgehead atoms. The number of para-hydroxylation sites is 1. The molecule has 1 aromatic heterocycles. The number of aromatic nitrogens is 3. The molecule has 1 saturated heterocycles. The van der Waals surface area contributed by atoms with Crippen molar-refractivity contribution in [2.75, 3.05) is 44.9 Å². The summed E-state index contributed by atoms with van der Waals surface area (Å²) in [7, 11) is 1.60. The Kier molecular flexibility index (Phi) is 7.22. The zero-order valence-corrected chi connectivity index (χ0v) is 18.9. The van der Waals surface area contributed by atoms with E-state index in [1.807, 2.05) is 53.1 Å². The highest BCUT2D eigenvalue weighted by Gasteiger charge is 2.23. The number of ether oxygens (including phenoxy) is 3. The van der Waals surface area contributed by atoms with E-state index in [1.54, 1.807) is 13.2 Å². The fourth-order valence-corrected chi connectivity index (χ4v) is 3.65. The number of nitriles is 1. The monoisotopic (exact) mass is 445 g/mol. The summed E-state index contributed by atoms with van der Waals surface area (Å²) in [6, 6.07) is 17.7. The van der Waals surface area contributed by atoms with Gasteiger partial charge in [-0.25, -0.2) is 0 Å². The van der Waals surface area contributed by atoms with Crippen molar-refractivity contribution in [1.29, 1.82) is 5.26 Å². The van der Waals surface area contributed by atoms with Crippen LogP contribution < -0.4 is 14.4 Å². The van der Waals surface area contributed by atoms with Crippen molar-refractivity contribution >= 4 is 17.6 Å². The van der Waals surface area contributed by atoms with Crippen molar-refractivity contribution in [2.45, 2.75) is 13.3 Å². The highest BCUT2D eigenvalue weighted by atomic mass is 16.5. The number of hydrogen-bond acceptors (Lipinski definition) is 7. The van der Waals surface area contributed by atoms with Crippen molar-refractivity contribution in [2.24, 2.45) is 0 Å². The number of rotatable bonds is 8. The van der Waals surface area contributed by atoms with Gasteiger partial charge in [-0.1, -0.05) is 31.2 Å². The van der Waals surface area contributed by atoms with Crippen LogP contribution in [0.3, 0.4) is 0 Å². The molecule has 2 aromatic carbocycles. The standard InChI is InChI=1S/C25H27N5O3/c1-3-13-33-22-10-9-19(17-23(22)31-2)16-20(18-26)24-27-28-25(29-11-14-32-15-12-29)30(24)21-7-5-4-6-8-21/h4-10,16-17H,3,11-15H2,1-2H3/b20-16+. The van der Waals surface area contributed by atoms with Crippen LogP contribution in [0.2, 0.25) is 0 Å². The second-order valence-electron chi connectivity index (χ2n) is 7.52. The first-order valence-electron chi connectivity index (χ1n) is 11.0. The summed E-state index contributed by atoms with van der Waals surface area (Å²) in [4.78, 5) is 2.13. The summed E-state index contributed by atoms with van der Waals surface area (Å²) >= 11 is 0. The largest absolute Gasteiger partial charge is 0.493 e. The Hall–Kier alpha value is -3.83. The molecule has 2 heterocycles. The van der Waals surface area contributed by atoms with E-state index in [-0.39, 0.29) is 0 Å². The maximum Gasteiger partial charge on any atom is 0.232 e. The van der Waals surface area contributed by atoms with E-state index >= 15 is 0 Å². The molecule has 8 nitrogen and oxygen atoms in total. The quantitative estimate of drug-likeness (QED) is 0.485. The Morgan fingerprint density at radius 1 is 1.12 bits per heavy atom. The maximum absolute atomic E-state index is 10.0. The number of anilines is 1. The lowest BCUT2D eigenvalue weighted by atomic mass is 10.1. The van der Waals surface area contributed by atoms with Gasteiger partial charge < -0.3 is 19.1 Å². The second-order valence-corrected chi connectivity index (χ2v) is 7.52. The molecule has 0 unspecified atom stereocenters. The molecule has 1 aliphatic rings. The highest BCUT2D eigenvalue weighted by Crippen LogP contribution is 2.31. The number of benzene rings is 2. The summed E-state index contributed by atoms with van der Waals surface area (Å²) in [5, 5.41) is 18.9. The molecule has 0 spiro atoms. The Labute approximate surface area is 193 Å². The van der Waals surface area contributed by atoms with Gasteiger partial charge in [-0.2, -0.15) is 5.26 Å². The van der Waals surface area contributed by atoms with Crippen LogP contribution in [0, 0.1) is 11.3 Å². The van der Waals surface area contributed by atoms with Gasteiger partial charge in [0.05, 0.1) is 38.2 Å². The topological polar surface area (TPSA) is 85.4 Å². The van der Waals surface area contributed by atoms with Crippen molar-refractivity contribution in [3.63, 3.8) is 0 Å². The van der Waals surface area contributed by atoms with Crippen LogP contribution in [0.25, 0.3) is 17.3 Å². The molecule has 0 saturated carbocycles. The number of allylic oxidation sites excluding steroid dienone is 1. The Morgan fingerprint density at radius 3 is 2.61 bits per heavy atom. The molecule has 1 aliphatic heterocycles. The van der Waals surface area contributed by atoms with Crippen molar-refractivity contribution < 1.29 is 14.2 Å². The first-order chi connectivity index (χ1) is 16.2. The fraction of sp³-hybridized carbons (Fsp3) is 0.320. The zero-order chi connectivity index (χ0) is 23.0. The van der Waals surface area contributed by atoms with E-state index in [9.17, 15) is 5.26 Å². The normalized spacial score (nSPS) is 14.1. The van der Waals surface area contributed by atoms with Gasteiger partial charge in [0.25, 0.3) is 0 Å². The molecular formula is C25H27N5O3. The Balaban J connectivity index is 1.76. The lowest BCUT2D eigenvalue weighted by Gasteiger charge is -2.28. The first-order valence-corrected chi connectivity index (χ1v) is 11.0.